The molecule has 0 heterocycles. The number of hydrogen-bond acceptors (Lipinski definition) is 5. The van der Waals surface area contributed by atoms with Crippen molar-refractivity contribution in [2.24, 2.45) is 5.92 Å². The van der Waals surface area contributed by atoms with Gasteiger partial charge in [-0.15, -0.1) is 0 Å². The molecule has 0 bridgehead atoms. The van der Waals surface area contributed by atoms with Gasteiger partial charge in [0.25, 0.3) is 0 Å². The molecule has 1 fully saturated rings. The Hall–Kier alpha value is -1.87. The largest absolute Gasteiger partial charge is 0.450 e. The number of benzene rings is 1. The van der Waals surface area contributed by atoms with Gasteiger partial charge >= 0.3 is 5.97 Å². The maximum Gasteiger partial charge on any atom is 0.344 e. The first-order valence-corrected chi connectivity index (χ1v) is 9.42. The van der Waals surface area contributed by atoms with Gasteiger partial charge in [-0.2, -0.15) is 0 Å². The molecule has 1 aliphatic carbocycles. The summed E-state index contributed by atoms with van der Waals surface area (Å²) in [4.78, 5) is 12.8. The van der Waals surface area contributed by atoms with Crippen molar-refractivity contribution >= 4 is 5.97 Å². The van der Waals surface area contributed by atoms with Crippen LogP contribution >= 0.6 is 0 Å². The molecule has 1 atom stereocenters. The molecule has 5 nitrogen and oxygen atoms in total. The van der Waals surface area contributed by atoms with Gasteiger partial charge in [0.05, 0.1) is 6.54 Å². The predicted octanol–water partition coefficient (Wildman–Crippen LogP) is 1.97. The van der Waals surface area contributed by atoms with E-state index >= 15 is 0 Å². The van der Waals surface area contributed by atoms with E-state index < -0.39 is 11.6 Å². The summed E-state index contributed by atoms with van der Waals surface area (Å²) in [5, 5.41) is 23.1. The lowest BCUT2D eigenvalue weighted by molar-refractivity contribution is -0.174. The molecule has 0 aliphatic heterocycles. The van der Waals surface area contributed by atoms with Crippen LogP contribution in [0.2, 0.25) is 0 Å². The highest BCUT2D eigenvalue weighted by atomic mass is 16.5. The van der Waals surface area contributed by atoms with E-state index in [1.165, 1.54) is 0 Å². The van der Waals surface area contributed by atoms with Gasteiger partial charge in [-0.3, -0.25) is 0 Å². The molecule has 142 valence electrons. The number of carbonyl (C=O) groups is 1. The second-order valence-electron chi connectivity index (χ2n) is 6.65. The lowest BCUT2D eigenvalue weighted by Gasteiger charge is -2.36. The van der Waals surface area contributed by atoms with Gasteiger partial charge in [0.15, 0.2) is 12.2 Å². The highest BCUT2D eigenvalue weighted by Crippen LogP contribution is 2.40. The molecule has 2 rings (SSSR count). The van der Waals surface area contributed by atoms with E-state index in [0.717, 1.165) is 32.1 Å². The number of rotatable bonds is 8. The first-order valence-electron chi connectivity index (χ1n) is 9.42. The van der Waals surface area contributed by atoms with E-state index in [0.29, 0.717) is 25.1 Å². The fraction of sp³-hybridized carbons (Fsp3) is 0.571. The van der Waals surface area contributed by atoms with Crippen molar-refractivity contribution in [3.8, 4) is 11.8 Å². The first kappa shape index (κ1) is 20.4. The summed E-state index contributed by atoms with van der Waals surface area (Å²) in [5.41, 5.74) is -1.02. The Morgan fingerprint density at radius 2 is 1.92 bits per heavy atom. The van der Waals surface area contributed by atoms with Gasteiger partial charge in [-0.25, -0.2) is 4.79 Å². The zero-order valence-corrected chi connectivity index (χ0v) is 15.2. The van der Waals surface area contributed by atoms with Crippen molar-refractivity contribution in [2.75, 3.05) is 26.3 Å². The normalized spacial score (nSPS) is 17.0. The molecule has 1 aliphatic rings. The summed E-state index contributed by atoms with van der Waals surface area (Å²) in [7, 11) is 0. The van der Waals surface area contributed by atoms with Crippen molar-refractivity contribution in [3.05, 3.63) is 35.9 Å². The van der Waals surface area contributed by atoms with Crippen LogP contribution in [0.3, 0.4) is 0 Å². The molecular weight excluding hydrogens is 330 g/mol. The van der Waals surface area contributed by atoms with Crippen molar-refractivity contribution in [2.45, 2.75) is 44.1 Å². The van der Waals surface area contributed by atoms with Gasteiger partial charge in [-0.1, -0.05) is 61.4 Å². The van der Waals surface area contributed by atoms with Gasteiger partial charge < -0.3 is 20.3 Å². The van der Waals surface area contributed by atoms with Crippen LogP contribution in [-0.2, 0) is 15.1 Å². The molecule has 26 heavy (non-hydrogen) atoms. The average Bonchev–Trinajstić information content (AvgIpc) is 2.70. The van der Waals surface area contributed by atoms with Gasteiger partial charge in [0.1, 0.15) is 0 Å². The van der Waals surface area contributed by atoms with Gasteiger partial charge in [0, 0.05) is 12.5 Å². The van der Waals surface area contributed by atoms with Crippen LogP contribution in [-0.4, -0.2) is 42.5 Å². The molecule has 1 aromatic carbocycles. The van der Waals surface area contributed by atoms with E-state index in [4.69, 9.17) is 9.84 Å². The van der Waals surface area contributed by atoms with E-state index in [2.05, 4.69) is 17.2 Å². The number of carbonyl (C=O) groups excluding carboxylic acids is 1. The standard InChI is InChI=1S/C21H29NO4/c23-16-9-15-22-14-7-8-17-26-20(24)21(25,18-10-3-1-4-11-18)19-12-5-2-6-13-19/h1,3-4,10-11,19,22-23,25H,2,5-6,9,12-17H2. The molecule has 0 spiro atoms. The molecule has 0 amide bonds. The van der Waals surface area contributed by atoms with E-state index in [1.807, 2.05) is 18.2 Å². The molecule has 5 heteroatoms. The predicted molar refractivity (Wildman–Crippen MR) is 100 cm³/mol. The number of aliphatic hydroxyl groups is 2. The lowest BCUT2D eigenvalue weighted by Crippen LogP contribution is -2.45. The van der Waals surface area contributed by atoms with E-state index in [1.54, 1.807) is 12.1 Å². The third-order valence-electron chi connectivity index (χ3n) is 4.85. The van der Waals surface area contributed by atoms with Crippen LogP contribution in [0.1, 0.15) is 44.1 Å². The summed E-state index contributed by atoms with van der Waals surface area (Å²) < 4.78 is 5.31. The Labute approximate surface area is 155 Å². The monoisotopic (exact) mass is 359 g/mol. The minimum Gasteiger partial charge on any atom is -0.450 e. The maximum absolute atomic E-state index is 12.8. The fourth-order valence-electron chi connectivity index (χ4n) is 3.41. The van der Waals surface area contributed by atoms with Crippen LogP contribution < -0.4 is 5.32 Å². The number of nitrogens with one attached hydrogen (secondary N) is 1. The molecule has 1 aromatic rings. The summed E-state index contributed by atoms with van der Waals surface area (Å²) in [6, 6.07) is 9.09. The summed E-state index contributed by atoms with van der Waals surface area (Å²) in [6.45, 7) is 1.28. The smallest absolute Gasteiger partial charge is 0.344 e. The number of aliphatic hydroxyl groups excluding tert-OH is 1. The highest BCUT2D eigenvalue weighted by molar-refractivity contribution is 5.81. The van der Waals surface area contributed by atoms with E-state index in [-0.39, 0.29) is 19.1 Å². The Morgan fingerprint density at radius 1 is 1.19 bits per heavy atom. The summed E-state index contributed by atoms with van der Waals surface area (Å²) in [5.74, 6) is 4.92. The molecule has 1 saturated carbocycles. The zero-order chi connectivity index (χ0) is 18.7. The van der Waals surface area contributed by atoms with Crippen LogP contribution in [0, 0.1) is 17.8 Å². The minimum absolute atomic E-state index is 0.0393. The van der Waals surface area contributed by atoms with Crippen LogP contribution in [0.4, 0.5) is 0 Å². The Bertz CT molecular complexity index is 601. The minimum atomic E-state index is -1.61. The quantitative estimate of drug-likeness (QED) is 0.376. The molecule has 0 aromatic heterocycles. The Morgan fingerprint density at radius 3 is 2.62 bits per heavy atom. The van der Waals surface area contributed by atoms with Crippen molar-refractivity contribution in [1.82, 2.24) is 5.32 Å². The Kier molecular flexibility index (Phi) is 8.63. The molecule has 3 N–H and O–H groups in total. The number of esters is 1. The van der Waals surface area contributed by atoms with Gasteiger partial charge in [-0.05, 0) is 31.4 Å². The summed E-state index contributed by atoms with van der Waals surface area (Å²) in [6.07, 6.45) is 5.51. The molecule has 0 radical (unpaired) electrons. The van der Waals surface area contributed by atoms with Crippen molar-refractivity contribution < 1.29 is 19.7 Å². The number of hydrogen-bond donors (Lipinski definition) is 3. The molecular formula is C21H29NO4. The second kappa shape index (κ2) is 11.0. The van der Waals surface area contributed by atoms with Crippen molar-refractivity contribution in [1.29, 1.82) is 0 Å². The average molecular weight is 359 g/mol. The lowest BCUT2D eigenvalue weighted by atomic mass is 9.73. The summed E-state index contributed by atoms with van der Waals surface area (Å²) >= 11 is 0. The fourth-order valence-corrected chi connectivity index (χ4v) is 3.41. The molecule has 1 unspecified atom stereocenters. The first-order chi connectivity index (χ1) is 12.7. The molecule has 0 saturated heterocycles. The van der Waals surface area contributed by atoms with Crippen LogP contribution in [0.25, 0.3) is 0 Å². The SMILES string of the molecule is O=C(OCC#CCNCCCO)C(O)(c1ccccc1)C1CCCCC1. The third-order valence-corrected chi connectivity index (χ3v) is 4.85. The van der Waals surface area contributed by atoms with Crippen molar-refractivity contribution in [3.63, 3.8) is 0 Å². The zero-order valence-electron chi connectivity index (χ0n) is 15.2. The van der Waals surface area contributed by atoms with E-state index in [9.17, 15) is 9.90 Å². The van der Waals surface area contributed by atoms with Gasteiger partial charge in [0.2, 0.25) is 0 Å². The van der Waals surface area contributed by atoms with Crippen LogP contribution in [0.15, 0.2) is 30.3 Å². The second-order valence-corrected chi connectivity index (χ2v) is 6.65. The highest BCUT2D eigenvalue weighted by Gasteiger charge is 2.46. The topological polar surface area (TPSA) is 78.8 Å². The Balaban J connectivity index is 1.97. The third kappa shape index (κ3) is 5.57. The van der Waals surface area contributed by atoms with Crippen LogP contribution in [0.5, 0.6) is 0 Å². The number of ether oxygens (including phenoxy) is 1. The maximum atomic E-state index is 12.8.